The minimum absolute atomic E-state index is 0.106. The molecule has 1 saturated carbocycles. The van der Waals surface area contributed by atoms with Crippen LogP contribution in [0.2, 0.25) is 5.02 Å². The Morgan fingerprint density at radius 1 is 1.24 bits per heavy atom. The van der Waals surface area contributed by atoms with Gasteiger partial charge in [-0.2, -0.15) is 0 Å². The van der Waals surface area contributed by atoms with E-state index in [-0.39, 0.29) is 12.2 Å². The second kappa shape index (κ2) is 7.17. The smallest absolute Gasteiger partial charge is 0.145 e. The van der Waals surface area contributed by atoms with Crippen LogP contribution in [0, 0.1) is 11.6 Å². The van der Waals surface area contributed by atoms with Crippen molar-refractivity contribution >= 4 is 17.3 Å². The summed E-state index contributed by atoms with van der Waals surface area (Å²) in [5.74, 6) is -1.55. The van der Waals surface area contributed by atoms with Gasteiger partial charge in [0.25, 0.3) is 0 Å². The van der Waals surface area contributed by atoms with Gasteiger partial charge in [-0.15, -0.1) is 0 Å². The maximum atomic E-state index is 13.9. The van der Waals surface area contributed by atoms with E-state index in [1.165, 1.54) is 12.1 Å². The van der Waals surface area contributed by atoms with E-state index >= 15 is 0 Å². The lowest BCUT2D eigenvalue weighted by atomic mass is 10.1. The molecule has 1 fully saturated rings. The number of hydrogen-bond donors (Lipinski definition) is 1. The lowest BCUT2D eigenvalue weighted by Crippen LogP contribution is -2.49. The van der Waals surface area contributed by atoms with Crippen molar-refractivity contribution in [1.82, 2.24) is 15.3 Å². The van der Waals surface area contributed by atoms with E-state index in [1.807, 2.05) is 30.9 Å². The van der Waals surface area contributed by atoms with E-state index in [0.717, 1.165) is 17.7 Å². The number of benzene rings is 1. The van der Waals surface area contributed by atoms with E-state index in [0.29, 0.717) is 24.9 Å². The fraction of sp³-hybridized carbons (Fsp3) is 0.556. The first-order valence-electron chi connectivity index (χ1n) is 8.59. The zero-order chi connectivity index (χ0) is 18.3. The first-order chi connectivity index (χ1) is 11.8. The molecule has 1 aliphatic heterocycles. The van der Waals surface area contributed by atoms with Gasteiger partial charge in [-0.3, -0.25) is 5.32 Å². The monoisotopic (exact) mass is 373 g/mol. The molecule has 3 nitrogen and oxygen atoms in total. The van der Waals surface area contributed by atoms with Gasteiger partial charge in [-0.1, -0.05) is 11.6 Å². The molecule has 0 radical (unpaired) electrons. The fourth-order valence-electron chi connectivity index (χ4n) is 3.89. The molecule has 0 bridgehead atoms. The molecule has 7 heteroatoms. The lowest BCUT2D eigenvalue weighted by molar-refractivity contribution is 0.0407. The Morgan fingerprint density at radius 2 is 1.88 bits per heavy atom. The van der Waals surface area contributed by atoms with Gasteiger partial charge < -0.3 is 5.01 Å². The van der Waals surface area contributed by atoms with Crippen LogP contribution >= 0.6 is 11.6 Å². The van der Waals surface area contributed by atoms with Crippen molar-refractivity contribution in [3.05, 3.63) is 39.9 Å². The summed E-state index contributed by atoms with van der Waals surface area (Å²) in [6.45, 7) is 4.55. The zero-order valence-electron chi connectivity index (χ0n) is 14.6. The van der Waals surface area contributed by atoms with Crippen LogP contribution in [0.5, 0.6) is 0 Å². The summed E-state index contributed by atoms with van der Waals surface area (Å²) in [4.78, 5) is 0. The van der Waals surface area contributed by atoms with Gasteiger partial charge in [-0.05, 0) is 50.8 Å². The molecule has 1 aromatic rings. The molecule has 0 saturated heterocycles. The third-order valence-electron chi connectivity index (χ3n) is 5.12. The molecule has 3 atom stereocenters. The molecule has 0 spiro atoms. The third kappa shape index (κ3) is 3.39. The highest BCUT2D eigenvalue weighted by molar-refractivity contribution is 6.30. The highest BCUT2D eigenvalue weighted by Crippen LogP contribution is 2.36. The van der Waals surface area contributed by atoms with Crippen LogP contribution in [0.3, 0.4) is 0 Å². The SMILES string of the molecule is CCN1C(c2cc(F)c(Cl)c(F)c2)=C(C)C(N[C@H]2CC[C@@H](F)C2)N1C. The van der Waals surface area contributed by atoms with Crippen LogP contribution in [0.15, 0.2) is 17.7 Å². The van der Waals surface area contributed by atoms with E-state index in [1.54, 1.807) is 0 Å². The number of likely N-dealkylation sites (N-methyl/N-ethyl adjacent to an activating group) is 1. The summed E-state index contributed by atoms with van der Waals surface area (Å²) in [6.07, 6.45) is 0.990. The first kappa shape index (κ1) is 18.5. The summed E-state index contributed by atoms with van der Waals surface area (Å²) in [6, 6.07) is 2.63. The molecule has 0 aromatic heterocycles. The minimum Gasteiger partial charge on any atom is -0.304 e. The highest BCUT2D eigenvalue weighted by atomic mass is 35.5. The van der Waals surface area contributed by atoms with Gasteiger partial charge in [0.15, 0.2) is 0 Å². The lowest BCUT2D eigenvalue weighted by Gasteiger charge is -2.33. The van der Waals surface area contributed by atoms with Crippen molar-refractivity contribution in [1.29, 1.82) is 0 Å². The number of hydrogen-bond acceptors (Lipinski definition) is 3. The zero-order valence-corrected chi connectivity index (χ0v) is 15.4. The van der Waals surface area contributed by atoms with E-state index in [2.05, 4.69) is 5.32 Å². The van der Waals surface area contributed by atoms with Crippen molar-refractivity contribution in [2.45, 2.75) is 51.5 Å². The van der Waals surface area contributed by atoms with E-state index in [9.17, 15) is 13.2 Å². The van der Waals surface area contributed by atoms with Gasteiger partial charge in [-0.25, -0.2) is 18.2 Å². The van der Waals surface area contributed by atoms with Gasteiger partial charge in [0.1, 0.15) is 29.0 Å². The van der Waals surface area contributed by atoms with Crippen LogP contribution in [0.1, 0.15) is 38.7 Å². The quantitative estimate of drug-likeness (QED) is 0.792. The molecule has 1 aromatic carbocycles. The topological polar surface area (TPSA) is 18.5 Å². The average Bonchev–Trinajstić information content (AvgIpc) is 3.08. The van der Waals surface area contributed by atoms with Gasteiger partial charge in [0.2, 0.25) is 0 Å². The third-order valence-corrected chi connectivity index (χ3v) is 5.48. The van der Waals surface area contributed by atoms with Crippen LogP contribution < -0.4 is 5.32 Å². The van der Waals surface area contributed by atoms with Crippen molar-refractivity contribution in [2.75, 3.05) is 13.6 Å². The Kier molecular flexibility index (Phi) is 5.32. The molecular weight excluding hydrogens is 351 g/mol. The Balaban J connectivity index is 1.95. The minimum atomic E-state index is -0.775. The summed E-state index contributed by atoms with van der Waals surface area (Å²) in [5.41, 5.74) is 2.16. The van der Waals surface area contributed by atoms with Crippen molar-refractivity contribution in [3.8, 4) is 0 Å². The van der Waals surface area contributed by atoms with Gasteiger partial charge in [0, 0.05) is 25.2 Å². The van der Waals surface area contributed by atoms with Crippen LogP contribution in [-0.2, 0) is 0 Å². The Labute approximate surface area is 151 Å². The number of halogens is 4. The number of nitrogens with zero attached hydrogens (tertiary/aromatic N) is 2. The molecule has 1 N–H and O–H groups in total. The van der Waals surface area contributed by atoms with Crippen LogP contribution in [0.4, 0.5) is 13.2 Å². The van der Waals surface area contributed by atoms with Crippen LogP contribution in [-0.4, -0.2) is 42.0 Å². The largest absolute Gasteiger partial charge is 0.304 e. The molecule has 1 aliphatic carbocycles. The number of alkyl halides is 1. The number of rotatable bonds is 4. The summed E-state index contributed by atoms with van der Waals surface area (Å²) in [5, 5.41) is 6.96. The summed E-state index contributed by atoms with van der Waals surface area (Å²) < 4.78 is 41.3. The van der Waals surface area contributed by atoms with E-state index in [4.69, 9.17) is 11.6 Å². The fourth-order valence-corrected chi connectivity index (χ4v) is 4.00. The van der Waals surface area contributed by atoms with Crippen molar-refractivity contribution in [2.24, 2.45) is 0 Å². The van der Waals surface area contributed by atoms with Gasteiger partial charge >= 0.3 is 0 Å². The van der Waals surface area contributed by atoms with E-state index < -0.39 is 22.8 Å². The first-order valence-corrected chi connectivity index (χ1v) is 8.97. The molecular formula is C18H23ClF3N3. The number of nitrogens with one attached hydrogen (secondary N) is 1. The van der Waals surface area contributed by atoms with Crippen molar-refractivity contribution in [3.63, 3.8) is 0 Å². The molecule has 3 rings (SSSR count). The highest BCUT2D eigenvalue weighted by Gasteiger charge is 2.37. The second-order valence-electron chi connectivity index (χ2n) is 6.75. The maximum absolute atomic E-state index is 13.9. The molecule has 138 valence electrons. The standard InChI is InChI=1S/C18H23ClF3N3/c1-4-25-17(11-7-14(21)16(19)15(22)8-11)10(2)18(24(25)3)23-13-6-5-12(20)9-13/h7-8,12-13,18,23H,4-6,9H2,1-3H3/t12-,13+,18?/m1/s1. The predicted molar refractivity (Wildman–Crippen MR) is 93.6 cm³/mol. The molecule has 1 heterocycles. The summed E-state index contributed by atoms with van der Waals surface area (Å²) >= 11 is 5.61. The van der Waals surface area contributed by atoms with Crippen LogP contribution in [0.25, 0.3) is 5.70 Å². The molecule has 25 heavy (non-hydrogen) atoms. The Hall–Kier alpha value is -1.24. The van der Waals surface area contributed by atoms with Crippen molar-refractivity contribution < 1.29 is 13.2 Å². The molecule has 0 amide bonds. The normalized spacial score (nSPS) is 27.6. The summed E-state index contributed by atoms with van der Waals surface area (Å²) in [7, 11) is 1.92. The predicted octanol–water partition coefficient (Wildman–Crippen LogP) is 4.34. The molecule has 2 aliphatic rings. The average molecular weight is 374 g/mol. The Bertz CT molecular complexity index is 671. The van der Waals surface area contributed by atoms with Gasteiger partial charge in [0.05, 0.1) is 5.70 Å². The maximum Gasteiger partial charge on any atom is 0.145 e. The second-order valence-corrected chi connectivity index (χ2v) is 7.13. The Morgan fingerprint density at radius 3 is 2.40 bits per heavy atom. The molecule has 1 unspecified atom stereocenters. The number of hydrazine groups is 1.